The second-order valence-electron chi connectivity index (χ2n) is 8.63. The fraction of sp³-hybridized carbons (Fsp3) is 0.280. The van der Waals surface area contributed by atoms with Gasteiger partial charge in [0, 0.05) is 24.2 Å². The minimum atomic E-state index is -3.38. The zero-order valence-corrected chi connectivity index (χ0v) is 21.0. The number of halogens is 1. The van der Waals surface area contributed by atoms with E-state index in [1.165, 1.54) is 13.1 Å². The van der Waals surface area contributed by atoms with E-state index in [9.17, 15) is 12.8 Å². The molecule has 11 heteroatoms. The van der Waals surface area contributed by atoms with E-state index in [1.807, 2.05) is 24.3 Å². The number of nitrogens with one attached hydrogen (secondary N) is 1. The zero-order valence-electron chi connectivity index (χ0n) is 20.1. The van der Waals surface area contributed by atoms with Crippen LogP contribution in [0.1, 0.15) is 26.3 Å². The van der Waals surface area contributed by atoms with Crippen LogP contribution in [-0.2, 0) is 16.4 Å². The van der Waals surface area contributed by atoms with Gasteiger partial charge in [0.15, 0.2) is 21.3 Å². The summed E-state index contributed by atoms with van der Waals surface area (Å²) in [6.45, 7) is 5.62. The summed E-state index contributed by atoms with van der Waals surface area (Å²) in [4.78, 5) is 8.98. The Kier molecular flexibility index (Phi) is 7.41. The van der Waals surface area contributed by atoms with Gasteiger partial charge < -0.3 is 15.5 Å². The summed E-state index contributed by atoms with van der Waals surface area (Å²) in [5.74, 6) is 0.520. The molecule has 1 atom stereocenters. The molecule has 0 radical (unpaired) electrons. The van der Waals surface area contributed by atoms with Crippen LogP contribution in [0, 0.1) is 0 Å². The Bertz CT molecular complexity index is 1440. The first-order chi connectivity index (χ1) is 17.1. The number of anilines is 1. The Balaban J connectivity index is 1.55. The van der Waals surface area contributed by atoms with Crippen molar-refractivity contribution in [2.24, 2.45) is 0 Å². The highest BCUT2D eigenvalue weighted by Gasteiger charge is 2.20. The van der Waals surface area contributed by atoms with Crippen LogP contribution in [0.15, 0.2) is 64.0 Å². The maximum Gasteiger partial charge on any atom is 0.270 e. The SMILES string of the molecule is CC(C)S(=O)(=O)c1ccc(-c2cnc(N)c(-c3nnc(-c4ccc(CNC[C@@H](C)F)cc4)o3)n2)cc1. The van der Waals surface area contributed by atoms with Crippen LogP contribution in [0.2, 0.25) is 0 Å². The molecule has 188 valence electrons. The molecule has 9 nitrogen and oxygen atoms in total. The molecule has 0 aliphatic carbocycles. The quantitative estimate of drug-likeness (QED) is 0.341. The van der Waals surface area contributed by atoms with E-state index in [1.54, 1.807) is 38.1 Å². The third kappa shape index (κ3) is 5.58. The lowest BCUT2D eigenvalue weighted by molar-refractivity contribution is 0.344. The average Bonchev–Trinajstić information content (AvgIpc) is 3.34. The molecule has 0 fully saturated rings. The topological polar surface area (TPSA) is 137 Å². The van der Waals surface area contributed by atoms with Gasteiger partial charge in [0.25, 0.3) is 5.89 Å². The molecule has 0 amide bonds. The molecule has 0 saturated carbocycles. The number of aromatic nitrogens is 4. The predicted octanol–water partition coefficient (Wildman–Crippen LogP) is 4.07. The highest BCUT2D eigenvalue weighted by Crippen LogP contribution is 2.28. The summed E-state index contributed by atoms with van der Waals surface area (Å²) in [6.07, 6.45) is 0.592. The number of hydrogen-bond donors (Lipinski definition) is 2. The van der Waals surface area contributed by atoms with Crippen molar-refractivity contribution < 1.29 is 17.2 Å². The van der Waals surface area contributed by atoms with Crippen molar-refractivity contribution in [2.45, 2.75) is 43.6 Å². The summed E-state index contributed by atoms with van der Waals surface area (Å²) in [7, 11) is -3.38. The summed E-state index contributed by atoms with van der Waals surface area (Å²) < 4.78 is 43.5. The first-order valence-corrected chi connectivity index (χ1v) is 12.9. The van der Waals surface area contributed by atoms with E-state index in [0.29, 0.717) is 23.4 Å². The van der Waals surface area contributed by atoms with Crippen molar-refractivity contribution in [3.8, 4) is 34.3 Å². The standard InChI is InChI=1S/C25H27FN6O3S/c1-15(2)36(33,34)20-10-8-18(9-11-20)21-14-29-23(27)22(30-21)25-32-31-24(35-25)19-6-4-17(5-7-19)13-28-12-16(3)26/h4-11,14-16,28H,12-13H2,1-3H3,(H2,27,29)/t16-/m1/s1. The van der Waals surface area contributed by atoms with Crippen LogP contribution in [0.4, 0.5) is 10.2 Å². The molecule has 4 rings (SSSR count). The molecule has 2 aromatic carbocycles. The first kappa shape index (κ1) is 25.4. The first-order valence-electron chi connectivity index (χ1n) is 11.4. The fourth-order valence-corrected chi connectivity index (χ4v) is 4.46. The van der Waals surface area contributed by atoms with E-state index in [4.69, 9.17) is 10.2 Å². The summed E-state index contributed by atoms with van der Waals surface area (Å²) in [5, 5.41) is 10.7. The Morgan fingerprint density at radius 3 is 2.25 bits per heavy atom. The highest BCUT2D eigenvalue weighted by atomic mass is 32.2. The molecular formula is C25H27FN6O3S. The molecule has 3 N–H and O–H groups in total. The molecule has 2 heterocycles. The van der Waals surface area contributed by atoms with Crippen molar-refractivity contribution in [1.29, 1.82) is 0 Å². The molecular weight excluding hydrogens is 483 g/mol. The number of alkyl halides is 1. The van der Waals surface area contributed by atoms with E-state index >= 15 is 0 Å². The van der Waals surface area contributed by atoms with E-state index in [2.05, 4.69) is 25.5 Å². The average molecular weight is 511 g/mol. The largest absolute Gasteiger partial charge is 0.414 e. The van der Waals surface area contributed by atoms with Crippen molar-refractivity contribution in [3.63, 3.8) is 0 Å². The van der Waals surface area contributed by atoms with E-state index < -0.39 is 21.3 Å². The predicted molar refractivity (Wildman–Crippen MR) is 135 cm³/mol. The van der Waals surface area contributed by atoms with Gasteiger partial charge in [0.1, 0.15) is 6.17 Å². The maximum absolute atomic E-state index is 12.9. The normalized spacial score (nSPS) is 12.7. The summed E-state index contributed by atoms with van der Waals surface area (Å²) in [5.41, 5.74) is 9.11. The number of benzene rings is 2. The van der Waals surface area contributed by atoms with Crippen LogP contribution < -0.4 is 11.1 Å². The molecule has 36 heavy (non-hydrogen) atoms. The molecule has 2 aromatic heterocycles. The van der Waals surface area contributed by atoms with Gasteiger partial charge in [-0.25, -0.2) is 22.8 Å². The highest BCUT2D eigenvalue weighted by molar-refractivity contribution is 7.92. The monoisotopic (exact) mass is 510 g/mol. The van der Waals surface area contributed by atoms with Gasteiger partial charge >= 0.3 is 0 Å². The Morgan fingerprint density at radius 2 is 1.61 bits per heavy atom. The number of nitrogens with zero attached hydrogens (tertiary/aromatic N) is 4. The lowest BCUT2D eigenvalue weighted by Gasteiger charge is -2.09. The van der Waals surface area contributed by atoms with Gasteiger partial charge in [-0.15, -0.1) is 10.2 Å². The van der Waals surface area contributed by atoms with Gasteiger partial charge in [0.2, 0.25) is 5.89 Å². The Morgan fingerprint density at radius 1 is 0.972 bits per heavy atom. The van der Waals surface area contributed by atoms with Crippen LogP contribution in [-0.4, -0.2) is 46.5 Å². The second kappa shape index (κ2) is 10.5. The Hall–Kier alpha value is -3.70. The molecule has 0 bridgehead atoms. The second-order valence-corrected chi connectivity index (χ2v) is 11.1. The maximum atomic E-state index is 12.9. The lowest BCUT2D eigenvalue weighted by Crippen LogP contribution is -2.21. The Labute approximate surface area is 208 Å². The van der Waals surface area contributed by atoms with Crippen molar-refractivity contribution in [1.82, 2.24) is 25.5 Å². The van der Waals surface area contributed by atoms with Crippen molar-refractivity contribution >= 4 is 15.7 Å². The summed E-state index contributed by atoms with van der Waals surface area (Å²) >= 11 is 0. The fourth-order valence-electron chi connectivity index (χ4n) is 3.40. The number of nitrogens with two attached hydrogens (primary N) is 1. The van der Waals surface area contributed by atoms with Gasteiger partial charge in [-0.05, 0) is 50.6 Å². The number of rotatable bonds is 9. The number of hydrogen-bond acceptors (Lipinski definition) is 9. The molecule has 0 spiro atoms. The summed E-state index contributed by atoms with van der Waals surface area (Å²) in [6, 6.07) is 13.9. The molecule has 0 aliphatic rings. The molecule has 0 unspecified atom stereocenters. The van der Waals surface area contributed by atoms with E-state index in [0.717, 1.165) is 5.56 Å². The van der Waals surface area contributed by atoms with E-state index in [-0.39, 0.29) is 34.7 Å². The van der Waals surface area contributed by atoms with Crippen molar-refractivity contribution in [3.05, 3.63) is 60.3 Å². The minimum absolute atomic E-state index is 0.110. The molecule has 4 aromatic rings. The van der Waals surface area contributed by atoms with Crippen LogP contribution >= 0.6 is 0 Å². The van der Waals surface area contributed by atoms with Gasteiger partial charge in [-0.3, -0.25) is 0 Å². The molecule has 0 aliphatic heterocycles. The van der Waals surface area contributed by atoms with Gasteiger partial charge in [-0.2, -0.15) is 0 Å². The third-order valence-corrected chi connectivity index (χ3v) is 7.65. The van der Waals surface area contributed by atoms with Crippen LogP contribution in [0.25, 0.3) is 34.3 Å². The van der Waals surface area contributed by atoms with Crippen LogP contribution in [0.5, 0.6) is 0 Å². The van der Waals surface area contributed by atoms with Crippen LogP contribution in [0.3, 0.4) is 0 Å². The van der Waals surface area contributed by atoms with Gasteiger partial charge in [0.05, 0.1) is 22.0 Å². The number of nitrogen functional groups attached to an aromatic ring is 1. The third-order valence-electron chi connectivity index (χ3n) is 5.48. The van der Waals surface area contributed by atoms with Gasteiger partial charge in [-0.1, -0.05) is 24.3 Å². The molecule has 0 saturated heterocycles. The minimum Gasteiger partial charge on any atom is -0.414 e. The number of sulfone groups is 1. The smallest absolute Gasteiger partial charge is 0.270 e. The zero-order chi connectivity index (χ0) is 25.9. The van der Waals surface area contributed by atoms with Crippen molar-refractivity contribution in [2.75, 3.05) is 12.3 Å². The lowest BCUT2D eigenvalue weighted by atomic mass is 10.1.